The van der Waals surface area contributed by atoms with E-state index in [4.69, 9.17) is 4.42 Å². The van der Waals surface area contributed by atoms with Crippen molar-refractivity contribution in [3.05, 3.63) is 83.5 Å². The Kier molecular flexibility index (Phi) is 4.18. The van der Waals surface area contributed by atoms with E-state index < -0.39 is 11.7 Å². The fourth-order valence-corrected chi connectivity index (χ4v) is 2.84. The summed E-state index contributed by atoms with van der Waals surface area (Å²) < 4.78 is 46.4. The van der Waals surface area contributed by atoms with Gasteiger partial charge < -0.3 is 9.62 Å². The highest BCUT2D eigenvalue weighted by atomic mass is 19.4. The van der Waals surface area contributed by atoms with Crippen LogP contribution in [-0.4, -0.2) is 9.78 Å². The predicted octanol–water partition coefficient (Wildman–Crippen LogP) is 4.76. The summed E-state index contributed by atoms with van der Waals surface area (Å²) in [6.45, 7) is 1.80. The first-order valence-electron chi connectivity index (χ1n) is 8.35. The van der Waals surface area contributed by atoms with Crippen LogP contribution in [0.3, 0.4) is 0 Å². The molecule has 0 saturated carbocycles. The zero-order valence-electron chi connectivity index (χ0n) is 14.6. The molecule has 1 aromatic carbocycles. The van der Waals surface area contributed by atoms with Crippen molar-refractivity contribution in [2.24, 2.45) is 0 Å². The van der Waals surface area contributed by atoms with E-state index in [0.717, 1.165) is 12.1 Å². The van der Waals surface area contributed by atoms with Crippen molar-refractivity contribution in [2.45, 2.75) is 13.1 Å². The molecule has 0 radical (unpaired) electrons. The molecule has 0 bridgehead atoms. The SMILES string of the molecule is Cc1ccc(-c2cc(-c3cc[n+]([O-])cc3)nn2-c2ccc(C(F)(F)F)cc2)o1. The molecule has 0 atom stereocenters. The Morgan fingerprint density at radius 3 is 2.25 bits per heavy atom. The fraction of sp³-hybridized carbons (Fsp3) is 0.100. The van der Waals surface area contributed by atoms with E-state index in [1.807, 2.05) is 0 Å². The van der Waals surface area contributed by atoms with Crippen LogP contribution in [0.5, 0.6) is 0 Å². The molecule has 0 aliphatic carbocycles. The zero-order valence-corrected chi connectivity index (χ0v) is 14.6. The third-order valence-electron chi connectivity index (χ3n) is 4.24. The van der Waals surface area contributed by atoms with Crippen LogP contribution in [0.15, 0.2) is 71.4 Å². The second-order valence-corrected chi connectivity index (χ2v) is 6.23. The van der Waals surface area contributed by atoms with Crippen LogP contribution < -0.4 is 4.73 Å². The zero-order chi connectivity index (χ0) is 19.9. The monoisotopic (exact) mass is 385 g/mol. The number of nitrogens with zero attached hydrogens (tertiary/aromatic N) is 3. The van der Waals surface area contributed by atoms with E-state index in [1.165, 1.54) is 29.2 Å². The topological polar surface area (TPSA) is 57.9 Å². The van der Waals surface area contributed by atoms with Gasteiger partial charge in [0.25, 0.3) is 0 Å². The van der Waals surface area contributed by atoms with Crippen molar-refractivity contribution in [1.82, 2.24) is 9.78 Å². The van der Waals surface area contributed by atoms with Gasteiger partial charge in [-0.25, -0.2) is 4.68 Å². The summed E-state index contributed by atoms with van der Waals surface area (Å²) in [5.74, 6) is 1.23. The molecule has 8 heteroatoms. The van der Waals surface area contributed by atoms with Crippen LogP contribution in [0, 0.1) is 12.1 Å². The molecule has 28 heavy (non-hydrogen) atoms. The third-order valence-corrected chi connectivity index (χ3v) is 4.24. The Morgan fingerprint density at radius 2 is 1.68 bits per heavy atom. The standard InChI is InChI=1S/C20H14F3N3O2/c1-13-2-7-19(28-13)18-12-17(14-8-10-25(27)11-9-14)24-26(18)16-5-3-15(4-6-16)20(21,22)23/h2-12H,1H3. The highest BCUT2D eigenvalue weighted by Gasteiger charge is 2.30. The molecule has 0 N–H and O–H groups in total. The van der Waals surface area contributed by atoms with Crippen LogP contribution >= 0.6 is 0 Å². The first kappa shape index (κ1) is 17.8. The number of furan rings is 1. The molecule has 0 aliphatic heterocycles. The van der Waals surface area contributed by atoms with Crippen molar-refractivity contribution >= 4 is 0 Å². The minimum Gasteiger partial charge on any atom is -0.619 e. The van der Waals surface area contributed by atoms with Crippen molar-refractivity contribution in [1.29, 1.82) is 0 Å². The number of hydrogen-bond acceptors (Lipinski definition) is 3. The Labute approximate surface area is 157 Å². The molecule has 0 amide bonds. The Bertz CT molecular complexity index is 1110. The highest BCUT2D eigenvalue weighted by Crippen LogP contribution is 2.32. The van der Waals surface area contributed by atoms with Crippen LogP contribution in [0.4, 0.5) is 13.2 Å². The van der Waals surface area contributed by atoms with E-state index in [1.54, 1.807) is 37.3 Å². The van der Waals surface area contributed by atoms with Gasteiger partial charge in [0.1, 0.15) is 11.5 Å². The van der Waals surface area contributed by atoms with Gasteiger partial charge in [-0.1, -0.05) is 0 Å². The van der Waals surface area contributed by atoms with Gasteiger partial charge in [-0.2, -0.15) is 23.0 Å². The number of aryl methyl sites for hydroxylation is 1. The molecular formula is C20H14F3N3O2. The summed E-state index contributed by atoms with van der Waals surface area (Å²) >= 11 is 0. The highest BCUT2D eigenvalue weighted by molar-refractivity contribution is 5.67. The van der Waals surface area contributed by atoms with Gasteiger partial charge in [0.05, 0.1) is 16.9 Å². The molecular weight excluding hydrogens is 371 g/mol. The number of alkyl halides is 3. The van der Waals surface area contributed by atoms with Gasteiger partial charge in [0.2, 0.25) is 0 Å². The van der Waals surface area contributed by atoms with Crippen molar-refractivity contribution in [3.63, 3.8) is 0 Å². The average molecular weight is 385 g/mol. The van der Waals surface area contributed by atoms with Crippen LogP contribution in [0.1, 0.15) is 11.3 Å². The summed E-state index contributed by atoms with van der Waals surface area (Å²) in [6.07, 6.45) is -1.71. The van der Waals surface area contributed by atoms with E-state index in [-0.39, 0.29) is 0 Å². The second-order valence-electron chi connectivity index (χ2n) is 6.23. The molecule has 0 spiro atoms. The lowest BCUT2D eigenvalue weighted by molar-refractivity contribution is -0.605. The fourth-order valence-electron chi connectivity index (χ4n) is 2.84. The van der Waals surface area contributed by atoms with Crippen LogP contribution in [0.2, 0.25) is 0 Å². The second kappa shape index (κ2) is 6.56. The normalized spacial score (nSPS) is 11.7. The number of hydrogen-bond donors (Lipinski definition) is 0. The lowest BCUT2D eigenvalue weighted by atomic mass is 10.2. The number of pyridine rings is 1. The largest absolute Gasteiger partial charge is 0.619 e. The summed E-state index contributed by atoms with van der Waals surface area (Å²) in [7, 11) is 0. The minimum absolute atomic E-state index is 0.457. The maximum atomic E-state index is 12.9. The minimum atomic E-state index is -4.41. The Hall–Kier alpha value is -3.55. The predicted molar refractivity (Wildman–Crippen MR) is 95.4 cm³/mol. The van der Waals surface area contributed by atoms with Gasteiger partial charge >= 0.3 is 6.18 Å². The van der Waals surface area contributed by atoms with E-state index in [2.05, 4.69) is 5.10 Å². The van der Waals surface area contributed by atoms with Crippen molar-refractivity contribution in [3.8, 4) is 28.4 Å². The summed E-state index contributed by atoms with van der Waals surface area (Å²) in [5.41, 5.74) is 1.56. The number of rotatable bonds is 3. The summed E-state index contributed by atoms with van der Waals surface area (Å²) in [4.78, 5) is 0. The van der Waals surface area contributed by atoms with Gasteiger partial charge in [0.15, 0.2) is 18.2 Å². The Balaban J connectivity index is 1.84. The lowest BCUT2D eigenvalue weighted by Gasteiger charge is -2.09. The maximum Gasteiger partial charge on any atom is 0.416 e. The molecule has 0 unspecified atom stereocenters. The van der Waals surface area contributed by atoms with E-state index >= 15 is 0 Å². The van der Waals surface area contributed by atoms with Gasteiger partial charge in [-0.15, -0.1) is 0 Å². The van der Waals surface area contributed by atoms with E-state index in [9.17, 15) is 18.4 Å². The molecule has 0 aliphatic rings. The Morgan fingerprint density at radius 1 is 1.00 bits per heavy atom. The van der Waals surface area contributed by atoms with Gasteiger partial charge in [0, 0.05) is 17.7 Å². The smallest absolute Gasteiger partial charge is 0.416 e. The lowest BCUT2D eigenvalue weighted by Crippen LogP contribution is -2.23. The summed E-state index contributed by atoms with van der Waals surface area (Å²) in [5, 5.41) is 15.8. The molecule has 0 fully saturated rings. The van der Waals surface area contributed by atoms with Crippen molar-refractivity contribution < 1.29 is 22.3 Å². The average Bonchev–Trinajstić information content (AvgIpc) is 3.28. The van der Waals surface area contributed by atoms with Crippen LogP contribution in [0.25, 0.3) is 28.4 Å². The molecule has 142 valence electrons. The van der Waals surface area contributed by atoms with Crippen molar-refractivity contribution in [2.75, 3.05) is 0 Å². The maximum absolute atomic E-state index is 12.9. The first-order valence-corrected chi connectivity index (χ1v) is 8.35. The molecule has 4 aromatic rings. The molecule has 4 rings (SSSR count). The number of benzene rings is 1. The summed E-state index contributed by atoms with van der Waals surface area (Å²) in [6, 6.07) is 13.3. The van der Waals surface area contributed by atoms with E-state index in [0.29, 0.717) is 38.9 Å². The molecule has 5 nitrogen and oxygen atoms in total. The molecule has 3 aromatic heterocycles. The quantitative estimate of drug-likeness (QED) is 0.377. The van der Waals surface area contributed by atoms with Crippen LogP contribution in [-0.2, 0) is 6.18 Å². The molecule has 0 saturated heterocycles. The number of aromatic nitrogens is 3. The third kappa shape index (κ3) is 3.36. The molecule has 3 heterocycles. The first-order chi connectivity index (χ1) is 13.3. The van der Waals surface area contributed by atoms with Gasteiger partial charge in [-0.3, -0.25) is 0 Å². The van der Waals surface area contributed by atoms with Gasteiger partial charge in [-0.05, 0) is 49.4 Å². The number of halogens is 3.